The molecule has 2 aliphatic rings. The molecule has 0 aromatic heterocycles. The van der Waals surface area contributed by atoms with Gasteiger partial charge >= 0.3 is 6.09 Å². The molecule has 4 nitrogen and oxygen atoms in total. The molecule has 0 radical (unpaired) electrons. The quantitative estimate of drug-likeness (QED) is 0.635. The van der Waals surface area contributed by atoms with Crippen LogP contribution in [0.2, 0.25) is 0 Å². The van der Waals surface area contributed by atoms with Gasteiger partial charge in [-0.3, -0.25) is 9.69 Å². The van der Waals surface area contributed by atoms with Crippen LogP contribution in [0, 0.1) is 11.8 Å². The van der Waals surface area contributed by atoms with Crippen molar-refractivity contribution in [3.63, 3.8) is 0 Å². The van der Waals surface area contributed by atoms with E-state index in [9.17, 15) is 9.59 Å². The maximum Gasteiger partial charge on any atom is 0.414 e. The number of hydrogen-bond donors (Lipinski definition) is 0. The number of carbonyl (C=O) groups is 2. The first-order chi connectivity index (χ1) is 12.8. The summed E-state index contributed by atoms with van der Waals surface area (Å²) in [5, 5.41) is 0. The van der Waals surface area contributed by atoms with Crippen LogP contribution >= 0.6 is 15.9 Å². The van der Waals surface area contributed by atoms with Crippen molar-refractivity contribution in [2.45, 2.75) is 58.0 Å². The van der Waals surface area contributed by atoms with Gasteiger partial charge in [-0.25, -0.2) is 4.79 Å². The van der Waals surface area contributed by atoms with Crippen LogP contribution in [0.25, 0.3) is 0 Å². The Bertz CT molecular complexity index is 726. The second-order valence-electron chi connectivity index (χ2n) is 8.40. The Hall–Kier alpha value is -1.62. The van der Waals surface area contributed by atoms with E-state index in [-0.39, 0.29) is 29.3 Å². The zero-order chi connectivity index (χ0) is 19.6. The molecule has 0 N–H and O–H groups in total. The van der Waals surface area contributed by atoms with Crippen molar-refractivity contribution in [3.8, 4) is 0 Å². The average Bonchev–Trinajstić information content (AvgIpc) is 2.62. The lowest BCUT2D eigenvalue weighted by Crippen LogP contribution is -2.45. The maximum absolute atomic E-state index is 12.7. The van der Waals surface area contributed by atoms with Crippen molar-refractivity contribution < 1.29 is 14.3 Å². The van der Waals surface area contributed by atoms with Gasteiger partial charge in [0.05, 0.1) is 0 Å². The van der Waals surface area contributed by atoms with Crippen molar-refractivity contribution in [2.75, 3.05) is 6.54 Å². The predicted molar refractivity (Wildman–Crippen MR) is 109 cm³/mol. The molecule has 1 saturated carbocycles. The standard InChI is InChI=1S/C22H28BrNO3/c1-15-4-9-19(22(2,3)16-5-7-17(23)8-6-16)20(14-15)27-21(26)24-12-10-18(25)11-13-24/h5-8,10,12,15,19-20H,4,9,11,13-14H2,1-3H3/t15-,19-,20-/m1/s1. The Kier molecular flexibility index (Phi) is 6.09. The van der Waals surface area contributed by atoms with E-state index in [1.807, 2.05) is 0 Å². The van der Waals surface area contributed by atoms with Gasteiger partial charge in [-0.2, -0.15) is 0 Å². The van der Waals surface area contributed by atoms with E-state index in [1.165, 1.54) is 16.5 Å². The SMILES string of the molecule is C[C@@H]1CC[C@@H](C(C)(C)c2ccc(Br)cc2)[C@H](OC(=O)N2C=CC(=O)CC2)C1. The third-order valence-corrected chi connectivity index (χ3v) is 6.62. The summed E-state index contributed by atoms with van der Waals surface area (Å²) in [6, 6.07) is 8.44. The van der Waals surface area contributed by atoms with Crippen LogP contribution in [-0.2, 0) is 14.9 Å². The van der Waals surface area contributed by atoms with E-state index in [2.05, 4.69) is 61.0 Å². The minimum absolute atomic E-state index is 0.0552. The van der Waals surface area contributed by atoms with Gasteiger partial charge in [0.2, 0.25) is 0 Å². The number of carbonyl (C=O) groups excluding carboxylic acids is 2. The van der Waals surface area contributed by atoms with E-state index in [0.29, 0.717) is 18.9 Å². The summed E-state index contributed by atoms with van der Waals surface area (Å²) >= 11 is 3.50. The fourth-order valence-corrected chi connectivity index (χ4v) is 4.55. The highest BCUT2D eigenvalue weighted by Gasteiger charge is 2.42. The molecule has 1 fully saturated rings. The average molecular weight is 434 g/mol. The Morgan fingerprint density at radius 2 is 1.93 bits per heavy atom. The summed E-state index contributed by atoms with van der Waals surface area (Å²) in [5.41, 5.74) is 1.16. The van der Waals surface area contributed by atoms with Gasteiger partial charge in [0.25, 0.3) is 0 Å². The lowest BCUT2D eigenvalue weighted by molar-refractivity contribution is -0.115. The normalized spacial score (nSPS) is 26.1. The zero-order valence-corrected chi connectivity index (χ0v) is 17.9. The van der Waals surface area contributed by atoms with Gasteiger partial charge in [-0.15, -0.1) is 0 Å². The smallest absolute Gasteiger partial charge is 0.414 e. The molecule has 1 heterocycles. The summed E-state index contributed by atoms with van der Waals surface area (Å²) < 4.78 is 7.06. The van der Waals surface area contributed by atoms with Crippen LogP contribution in [0.4, 0.5) is 4.79 Å². The monoisotopic (exact) mass is 433 g/mol. The summed E-state index contributed by atoms with van der Waals surface area (Å²) in [5.74, 6) is 0.854. The van der Waals surface area contributed by atoms with Crippen LogP contribution in [0.15, 0.2) is 41.0 Å². The van der Waals surface area contributed by atoms with Gasteiger partial charge in [-0.1, -0.05) is 55.3 Å². The number of benzene rings is 1. The number of rotatable bonds is 3. The molecule has 0 bridgehead atoms. The first-order valence-corrected chi connectivity index (χ1v) is 10.5. The van der Waals surface area contributed by atoms with E-state index >= 15 is 0 Å². The van der Waals surface area contributed by atoms with Gasteiger partial charge in [0.1, 0.15) is 6.10 Å². The van der Waals surface area contributed by atoms with Crippen LogP contribution in [0.3, 0.4) is 0 Å². The summed E-state index contributed by atoms with van der Waals surface area (Å²) in [6.45, 7) is 7.12. The largest absolute Gasteiger partial charge is 0.446 e. The molecule has 1 aromatic carbocycles. The van der Waals surface area contributed by atoms with Crippen molar-refractivity contribution in [1.82, 2.24) is 4.90 Å². The van der Waals surface area contributed by atoms with Crippen LogP contribution in [0.5, 0.6) is 0 Å². The number of halogens is 1. The fourth-order valence-electron chi connectivity index (χ4n) is 4.29. The van der Waals surface area contributed by atoms with Crippen molar-refractivity contribution in [2.24, 2.45) is 11.8 Å². The van der Waals surface area contributed by atoms with Gasteiger partial charge in [0, 0.05) is 29.6 Å². The Balaban J connectivity index is 1.78. The van der Waals surface area contributed by atoms with E-state index < -0.39 is 0 Å². The first kappa shape index (κ1) is 20.1. The minimum Gasteiger partial charge on any atom is -0.446 e. The fraction of sp³-hybridized carbons (Fsp3) is 0.545. The zero-order valence-electron chi connectivity index (χ0n) is 16.3. The molecule has 27 heavy (non-hydrogen) atoms. The predicted octanol–water partition coefficient (Wildman–Crippen LogP) is 5.46. The minimum atomic E-state index is -0.338. The number of allylic oxidation sites excluding steroid dienone is 1. The molecule has 1 aliphatic carbocycles. The summed E-state index contributed by atoms with van der Waals surface area (Å²) in [6.07, 6.45) is 5.98. The Labute approximate surface area is 170 Å². The molecule has 146 valence electrons. The topological polar surface area (TPSA) is 46.6 Å². The molecular formula is C22H28BrNO3. The van der Waals surface area contributed by atoms with Crippen LogP contribution in [-0.4, -0.2) is 29.4 Å². The lowest BCUT2D eigenvalue weighted by Gasteiger charge is -2.44. The van der Waals surface area contributed by atoms with Crippen LogP contribution in [0.1, 0.15) is 52.0 Å². The lowest BCUT2D eigenvalue weighted by atomic mass is 9.64. The maximum atomic E-state index is 12.7. The highest BCUT2D eigenvalue weighted by molar-refractivity contribution is 9.10. The third kappa shape index (κ3) is 4.63. The second kappa shape index (κ2) is 8.17. The van der Waals surface area contributed by atoms with Crippen molar-refractivity contribution >= 4 is 27.8 Å². The first-order valence-electron chi connectivity index (χ1n) is 9.71. The third-order valence-electron chi connectivity index (χ3n) is 6.10. The number of ketones is 1. The van der Waals surface area contributed by atoms with E-state index in [0.717, 1.165) is 23.7 Å². The van der Waals surface area contributed by atoms with Crippen LogP contribution < -0.4 is 0 Å². The number of ether oxygens (including phenoxy) is 1. The van der Waals surface area contributed by atoms with Gasteiger partial charge in [0.15, 0.2) is 5.78 Å². The van der Waals surface area contributed by atoms with Gasteiger partial charge < -0.3 is 4.74 Å². The molecule has 0 spiro atoms. The highest BCUT2D eigenvalue weighted by atomic mass is 79.9. The molecule has 0 saturated heterocycles. The van der Waals surface area contributed by atoms with E-state index in [1.54, 1.807) is 6.20 Å². The Morgan fingerprint density at radius 3 is 2.56 bits per heavy atom. The molecule has 3 rings (SSSR count). The molecule has 1 aliphatic heterocycles. The molecular weight excluding hydrogens is 406 g/mol. The summed E-state index contributed by atoms with van der Waals surface area (Å²) in [7, 11) is 0. The van der Waals surface area contributed by atoms with Gasteiger partial charge in [-0.05, 0) is 47.9 Å². The Morgan fingerprint density at radius 1 is 1.22 bits per heavy atom. The second-order valence-corrected chi connectivity index (χ2v) is 9.32. The summed E-state index contributed by atoms with van der Waals surface area (Å²) in [4.78, 5) is 25.5. The van der Waals surface area contributed by atoms with E-state index in [4.69, 9.17) is 4.74 Å². The number of nitrogens with zero attached hydrogens (tertiary/aromatic N) is 1. The van der Waals surface area contributed by atoms with Crippen molar-refractivity contribution in [3.05, 3.63) is 46.6 Å². The van der Waals surface area contributed by atoms with Crippen molar-refractivity contribution in [1.29, 1.82) is 0 Å². The number of hydrogen-bond acceptors (Lipinski definition) is 3. The molecule has 0 unspecified atom stereocenters. The number of amides is 1. The molecule has 3 atom stereocenters. The molecule has 5 heteroatoms. The molecule has 1 amide bonds. The molecule has 1 aromatic rings. The highest BCUT2D eigenvalue weighted by Crippen LogP contribution is 2.44.